The van der Waals surface area contributed by atoms with E-state index in [2.05, 4.69) is 0 Å². The van der Waals surface area contributed by atoms with Gasteiger partial charge in [0, 0.05) is 0 Å². The molecule has 22 heavy (non-hydrogen) atoms. The van der Waals surface area contributed by atoms with Crippen molar-refractivity contribution >= 4 is 24.1 Å². The first-order valence-electron chi connectivity index (χ1n) is 6.75. The van der Waals surface area contributed by atoms with Gasteiger partial charge in [-0.3, -0.25) is 0 Å². The molecular weight excluding hydrogens is 280 g/mol. The van der Waals surface area contributed by atoms with Gasteiger partial charge in [-0.1, -0.05) is 42.5 Å². The molecule has 0 bridgehead atoms. The van der Waals surface area contributed by atoms with E-state index in [1.807, 2.05) is 36.4 Å². The van der Waals surface area contributed by atoms with E-state index in [0.717, 1.165) is 11.1 Å². The highest BCUT2D eigenvalue weighted by molar-refractivity contribution is 6.03. The Kier molecular flexibility index (Phi) is 4.41. The van der Waals surface area contributed by atoms with E-state index in [-0.39, 0.29) is 11.1 Å². The molecule has 0 aliphatic carbocycles. The van der Waals surface area contributed by atoms with Crippen LogP contribution in [0.25, 0.3) is 12.2 Å². The fourth-order valence-electron chi connectivity index (χ4n) is 2.31. The van der Waals surface area contributed by atoms with Crippen molar-refractivity contribution in [2.24, 2.45) is 0 Å². The van der Waals surface area contributed by atoms with Gasteiger partial charge in [0.2, 0.25) is 0 Å². The molecular formula is C18H16O4. The van der Waals surface area contributed by atoms with Gasteiger partial charge < -0.3 is 10.2 Å². The molecule has 0 unspecified atom stereocenters. The summed E-state index contributed by atoms with van der Waals surface area (Å²) in [5.74, 6) is -2.47. The van der Waals surface area contributed by atoms with Gasteiger partial charge in [-0.15, -0.1) is 0 Å². The monoisotopic (exact) mass is 296 g/mol. The molecule has 2 N–H and O–H groups in total. The Hall–Kier alpha value is -2.88. The van der Waals surface area contributed by atoms with Crippen molar-refractivity contribution in [1.29, 1.82) is 0 Å². The summed E-state index contributed by atoms with van der Waals surface area (Å²) in [4.78, 5) is 22.6. The number of benzene rings is 2. The third-order valence-corrected chi connectivity index (χ3v) is 3.64. The lowest BCUT2D eigenvalue weighted by molar-refractivity contribution is 0.0650. The molecule has 0 aliphatic rings. The van der Waals surface area contributed by atoms with Crippen molar-refractivity contribution < 1.29 is 19.8 Å². The minimum atomic E-state index is -1.24. The van der Waals surface area contributed by atoms with Crippen LogP contribution in [0.1, 0.15) is 43.0 Å². The van der Waals surface area contributed by atoms with E-state index in [0.29, 0.717) is 11.1 Å². The average molecular weight is 296 g/mol. The van der Waals surface area contributed by atoms with Crippen LogP contribution in [0.5, 0.6) is 0 Å². The molecule has 0 saturated heterocycles. The summed E-state index contributed by atoms with van der Waals surface area (Å²) in [7, 11) is 0. The Morgan fingerprint density at radius 3 is 2.09 bits per heavy atom. The molecule has 0 radical (unpaired) electrons. The van der Waals surface area contributed by atoms with E-state index in [1.54, 1.807) is 19.9 Å². The third-order valence-electron chi connectivity index (χ3n) is 3.64. The maximum absolute atomic E-state index is 11.3. The van der Waals surface area contributed by atoms with Crippen LogP contribution < -0.4 is 0 Å². The highest BCUT2D eigenvalue weighted by Gasteiger charge is 2.21. The van der Waals surface area contributed by atoms with Gasteiger partial charge in [-0.25, -0.2) is 9.59 Å². The summed E-state index contributed by atoms with van der Waals surface area (Å²) in [6, 6.07) is 11.0. The second kappa shape index (κ2) is 6.26. The number of carbonyl (C=O) groups is 2. The number of hydrogen-bond acceptors (Lipinski definition) is 2. The van der Waals surface area contributed by atoms with Crippen LogP contribution in [0, 0.1) is 13.8 Å². The Morgan fingerprint density at radius 2 is 1.55 bits per heavy atom. The fraction of sp³-hybridized carbons (Fsp3) is 0.111. The first-order chi connectivity index (χ1) is 10.4. The van der Waals surface area contributed by atoms with Crippen LogP contribution in [0.15, 0.2) is 36.4 Å². The van der Waals surface area contributed by atoms with Gasteiger partial charge in [-0.2, -0.15) is 0 Å². The van der Waals surface area contributed by atoms with Gasteiger partial charge in [0.1, 0.15) is 0 Å². The average Bonchev–Trinajstić information content (AvgIpc) is 2.48. The summed E-state index contributed by atoms with van der Waals surface area (Å²) in [6.07, 6.45) is 3.67. The zero-order chi connectivity index (χ0) is 16.3. The first-order valence-corrected chi connectivity index (χ1v) is 6.75. The van der Waals surface area contributed by atoms with E-state index < -0.39 is 11.9 Å². The Morgan fingerprint density at radius 1 is 0.909 bits per heavy atom. The molecule has 0 atom stereocenters. The molecule has 0 aliphatic heterocycles. The number of aromatic carboxylic acids is 2. The third kappa shape index (κ3) is 3.06. The maximum Gasteiger partial charge on any atom is 0.336 e. The smallest absolute Gasteiger partial charge is 0.336 e. The second-order valence-corrected chi connectivity index (χ2v) is 4.99. The number of carboxylic acids is 2. The van der Waals surface area contributed by atoms with Crippen molar-refractivity contribution in [3.8, 4) is 0 Å². The number of carboxylic acid groups (broad SMARTS) is 2. The molecule has 0 saturated carbocycles. The molecule has 4 heteroatoms. The minimum absolute atomic E-state index is 0.151. The Balaban J connectivity index is 2.56. The van der Waals surface area contributed by atoms with Crippen LogP contribution in [-0.2, 0) is 0 Å². The molecule has 4 nitrogen and oxygen atoms in total. The number of hydrogen-bond donors (Lipinski definition) is 2. The maximum atomic E-state index is 11.3. The van der Waals surface area contributed by atoms with Crippen molar-refractivity contribution in [2.75, 3.05) is 0 Å². The summed E-state index contributed by atoms with van der Waals surface area (Å²) < 4.78 is 0. The molecule has 0 aromatic heterocycles. The number of rotatable bonds is 4. The first kappa shape index (κ1) is 15.5. The molecule has 0 amide bonds. The molecule has 2 aromatic carbocycles. The van der Waals surface area contributed by atoms with E-state index in [4.69, 9.17) is 0 Å². The topological polar surface area (TPSA) is 74.6 Å². The van der Waals surface area contributed by atoms with Crippen LogP contribution in [-0.4, -0.2) is 22.2 Å². The standard InChI is InChI=1S/C18H16O4/c1-11-12(2)16(18(21)22)15(17(19)20)10-14(11)9-8-13-6-4-3-5-7-13/h3-10H,1-2H3,(H,19,20)(H,21,22). The normalized spacial score (nSPS) is 10.8. The van der Waals surface area contributed by atoms with Gasteiger partial charge in [-0.05, 0) is 42.2 Å². The second-order valence-electron chi connectivity index (χ2n) is 4.99. The highest BCUT2D eigenvalue weighted by atomic mass is 16.4. The summed E-state index contributed by atoms with van der Waals surface area (Å²) in [5, 5.41) is 18.5. The predicted molar refractivity (Wildman–Crippen MR) is 85.2 cm³/mol. The van der Waals surface area contributed by atoms with Gasteiger partial charge >= 0.3 is 11.9 Å². The van der Waals surface area contributed by atoms with E-state index >= 15 is 0 Å². The van der Waals surface area contributed by atoms with Crippen LogP contribution in [0.3, 0.4) is 0 Å². The fourth-order valence-corrected chi connectivity index (χ4v) is 2.31. The van der Waals surface area contributed by atoms with Crippen LogP contribution in [0.2, 0.25) is 0 Å². The van der Waals surface area contributed by atoms with Crippen molar-refractivity contribution in [1.82, 2.24) is 0 Å². The largest absolute Gasteiger partial charge is 0.478 e. The summed E-state index contributed by atoms with van der Waals surface area (Å²) in [6.45, 7) is 3.42. The molecule has 0 heterocycles. The Bertz CT molecular complexity index is 758. The quantitative estimate of drug-likeness (QED) is 0.840. The van der Waals surface area contributed by atoms with Gasteiger partial charge in [0.15, 0.2) is 0 Å². The Labute approximate surface area is 128 Å². The van der Waals surface area contributed by atoms with Gasteiger partial charge in [0.25, 0.3) is 0 Å². The SMILES string of the molecule is Cc1c(C=Cc2ccccc2)cc(C(=O)O)c(C(=O)O)c1C. The zero-order valence-electron chi connectivity index (χ0n) is 12.3. The lowest BCUT2D eigenvalue weighted by Gasteiger charge is -2.12. The molecule has 2 aromatic rings. The summed E-state index contributed by atoms with van der Waals surface area (Å²) in [5.41, 5.74) is 2.57. The summed E-state index contributed by atoms with van der Waals surface area (Å²) >= 11 is 0. The molecule has 2 rings (SSSR count). The highest BCUT2D eigenvalue weighted by Crippen LogP contribution is 2.24. The lowest BCUT2D eigenvalue weighted by atomic mass is 9.92. The molecule has 112 valence electrons. The lowest BCUT2D eigenvalue weighted by Crippen LogP contribution is -2.12. The van der Waals surface area contributed by atoms with Crippen molar-refractivity contribution in [3.63, 3.8) is 0 Å². The van der Waals surface area contributed by atoms with Crippen molar-refractivity contribution in [3.05, 3.63) is 69.8 Å². The molecule has 0 spiro atoms. The van der Waals surface area contributed by atoms with E-state index in [1.165, 1.54) is 6.07 Å². The van der Waals surface area contributed by atoms with Gasteiger partial charge in [0.05, 0.1) is 11.1 Å². The zero-order valence-corrected chi connectivity index (χ0v) is 12.3. The van der Waals surface area contributed by atoms with Crippen LogP contribution in [0.4, 0.5) is 0 Å². The van der Waals surface area contributed by atoms with Crippen LogP contribution >= 0.6 is 0 Å². The molecule has 0 fully saturated rings. The van der Waals surface area contributed by atoms with E-state index in [9.17, 15) is 19.8 Å². The minimum Gasteiger partial charge on any atom is -0.478 e. The predicted octanol–water partition coefficient (Wildman–Crippen LogP) is 3.87. The van der Waals surface area contributed by atoms with Crippen molar-refractivity contribution in [2.45, 2.75) is 13.8 Å².